The number of hydrogen-bond donors (Lipinski definition) is 2. The Morgan fingerprint density at radius 1 is 1.23 bits per heavy atom. The van der Waals surface area contributed by atoms with Crippen LogP contribution in [0, 0.1) is 0 Å². The maximum Gasteiger partial charge on any atom is 0.332 e. The molecule has 0 saturated heterocycles. The van der Waals surface area contributed by atoms with Gasteiger partial charge >= 0.3 is 5.69 Å². The summed E-state index contributed by atoms with van der Waals surface area (Å²) in [5.41, 5.74) is 0.570. The zero-order chi connectivity index (χ0) is 19.0. The first-order chi connectivity index (χ1) is 12.3. The summed E-state index contributed by atoms with van der Waals surface area (Å²) in [5, 5.41) is 16.9. The van der Waals surface area contributed by atoms with E-state index < -0.39 is 11.2 Å². The minimum absolute atomic E-state index is 0.0449. The molecule has 8 nitrogen and oxygen atoms in total. The highest BCUT2D eigenvalue weighted by atomic mass is 35.5. The number of aliphatic hydroxyl groups excluding tert-OH is 1. The van der Waals surface area contributed by atoms with Crippen LogP contribution in [0.1, 0.15) is 5.56 Å². The van der Waals surface area contributed by atoms with Gasteiger partial charge in [0.25, 0.3) is 5.56 Å². The summed E-state index contributed by atoms with van der Waals surface area (Å²) in [6.07, 6.45) is 0. The summed E-state index contributed by atoms with van der Waals surface area (Å²) in [7, 11) is 3.15. The highest BCUT2D eigenvalue weighted by molar-refractivity contribution is 6.34. The second-order valence-corrected chi connectivity index (χ2v) is 6.58. The average Bonchev–Trinajstić information content (AvgIpc) is 2.92. The van der Waals surface area contributed by atoms with Crippen molar-refractivity contribution in [2.24, 2.45) is 14.1 Å². The van der Waals surface area contributed by atoms with Crippen molar-refractivity contribution in [3.63, 3.8) is 0 Å². The zero-order valence-corrected chi connectivity index (χ0v) is 15.7. The Morgan fingerprint density at radius 2 is 1.96 bits per heavy atom. The molecule has 0 saturated carbocycles. The van der Waals surface area contributed by atoms with Gasteiger partial charge in [-0.05, 0) is 17.7 Å². The second-order valence-electron chi connectivity index (χ2n) is 5.81. The number of fused-ring (bicyclic) bond motifs is 1. The summed E-state index contributed by atoms with van der Waals surface area (Å²) < 4.78 is 3.76. The first-order valence-electron chi connectivity index (χ1n) is 7.80. The normalized spacial score (nSPS) is 11.3. The van der Waals surface area contributed by atoms with E-state index in [1.54, 1.807) is 32.3 Å². The SMILES string of the molecule is Cn1nc2c(c1Cl)c(=O)n(Cc1ccc(Cl)c(NCCO)c1)c(=O)n2C. The zero-order valence-electron chi connectivity index (χ0n) is 14.2. The molecule has 3 aromatic rings. The smallest absolute Gasteiger partial charge is 0.332 e. The first kappa shape index (κ1) is 18.5. The third-order valence-electron chi connectivity index (χ3n) is 4.05. The molecule has 0 spiro atoms. The molecule has 2 N–H and O–H groups in total. The van der Waals surface area contributed by atoms with Crippen molar-refractivity contribution in [1.29, 1.82) is 0 Å². The van der Waals surface area contributed by atoms with E-state index in [0.29, 0.717) is 22.8 Å². The van der Waals surface area contributed by atoms with E-state index in [1.165, 1.54) is 9.25 Å². The maximum absolute atomic E-state index is 12.8. The van der Waals surface area contributed by atoms with Crippen molar-refractivity contribution >= 4 is 39.9 Å². The number of rotatable bonds is 5. The number of nitrogens with one attached hydrogen (secondary N) is 1. The summed E-state index contributed by atoms with van der Waals surface area (Å²) in [5.74, 6) is 0. The lowest BCUT2D eigenvalue weighted by Gasteiger charge is -2.11. The van der Waals surface area contributed by atoms with Gasteiger partial charge in [0.1, 0.15) is 10.5 Å². The fourth-order valence-corrected chi connectivity index (χ4v) is 3.11. The number of nitrogens with zero attached hydrogens (tertiary/aromatic N) is 4. The lowest BCUT2D eigenvalue weighted by atomic mass is 10.2. The predicted molar refractivity (Wildman–Crippen MR) is 101 cm³/mol. The van der Waals surface area contributed by atoms with E-state index in [0.717, 1.165) is 4.57 Å². The van der Waals surface area contributed by atoms with Gasteiger partial charge in [0.15, 0.2) is 5.65 Å². The molecule has 2 aromatic heterocycles. The van der Waals surface area contributed by atoms with Crippen LogP contribution in [-0.2, 0) is 20.6 Å². The minimum Gasteiger partial charge on any atom is -0.395 e. The fraction of sp³-hybridized carbons (Fsp3) is 0.312. The number of aliphatic hydroxyl groups is 1. The summed E-state index contributed by atoms with van der Waals surface area (Å²) >= 11 is 12.3. The third-order valence-corrected chi connectivity index (χ3v) is 4.82. The van der Waals surface area contributed by atoms with E-state index in [1.807, 2.05) is 0 Å². The Morgan fingerprint density at radius 3 is 2.65 bits per heavy atom. The van der Waals surface area contributed by atoms with Gasteiger partial charge in [-0.3, -0.25) is 18.6 Å². The van der Waals surface area contributed by atoms with E-state index in [2.05, 4.69) is 10.4 Å². The molecular weight excluding hydrogens is 381 g/mol. The molecule has 138 valence electrons. The quantitative estimate of drug-likeness (QED) is 0.674. The molecule has 0 fully saturated rings. The average molecular weight is 398 g/mol. The number of anilines is 1. The van der Waals surface area contributed by atoms with Gasteiger partial charge in [-0.15, -0.1) is 0 Å². The number of hydrogen-bond acceptors (Lipinski definition) is 5. The molecule has 0 bridgehead atoms. The molecule has 1 aromatic carbocycles. The van der Waals surface area contributed by atoms with Gasteiger partial charge in [0.2, 0.25) is 0 Å². The van der Waals surface area contributed by atoms with Crippen LogP contribution in [0.2, 0.25) is 10.2 Å². The van der Waals surface area contributed by atoms with Crippen LogP contribution in [0.4, 0.5) is 5.69 Å². The number of aryl methyl sites for hydroxylation is 2. The van der Waals surface area contributed by atoms with Crippen LogP contribution in [0.5, 0.6) is 0 Å². The molecule has 2 heterocycles. The highest BCUT2D eigenvalue weighted by Crippen LogP contribution is 2.23. The van der Waals surface area contributed by atoms with Gasteiger partial charge in [0.05, 0.1) is 23.9 Å². The van der Waals surface area contributed by atoms with E-state index in [-0.39, 0.29) is 29.3 Å². The lowest BCUT2D eigenvalue weighted by molar-refractivity contribution is 0.311. The van der Waals surface area contributed by atoms with E-state index >= 15 is 0 Å². The Labute approximate surface area is 158 Å². The summed E-state index contributed by atoms with van der Waals surface area (Å²) in [6, 6.07) is 5.13. The number of halogens is 2. The molecule has 0 atom stereocenters. The number of aromatic nitrogens is 4. The lowest BCUT2D eigenvalue weighted by Crippen LogP contribution is -2.39. The molecule has 10 heteroatoms. The highest BCUT2D eigenvalue weighted by Gasteiger charge is 2.18. The number of benzene rings is 1. The van der Waals surface area contributed by atoms with E-state index in [4.69, 9.17) is 28.3 Å². The van der Waals surface area contributed by atoms with Crippen molar-refractivity contribution in [3.05, 3.63) is 54.8 Å². The van der Waals surface area contributed by atoms with Crippen molar-refractivity contribution in [1.82, 2.24) is 18.9 Å². The molecule has 0 aliphatic heterocycles. The van der Waals surface area contributed by atoms with Crippen molar-refractivity contribution in [3.8, 4) is 0 Å². The van der Waals surface area contributed by atoms with Gasteiger partial charge in [0, 0.05) is 20.6 Å². The molecule has 3 rings (SSSR count). The Hall–Kier alpha value is -2.29. The molecule has 0 aliphatic rings. The molecular formula is C16H17Cl2N5O3. The molecule has 0 radical (unpaired) electrons. The minimum atomic E-state index is -0.499. The molecule has 0 amide bonds. The topological polar surface area (TPSA) is 94.1 Å². The standard InChI is InChI=1S/C16H17Cl2N5O3/c1-21-14-12(13(18)22(2)20-14)15(25)23(16(21)26)8-9-3-4-10(17)11(7-9)19-5-6-24/h3-4,7,19,24H,5-6,8H2,1-2H3. The largest absolute Gasteiger partial charge is 0.395 e. The first-order valence-corrected chi connectivity index (χ1v) is 8.56. The molecule has 0 aliphatic carbocycles. The van der Waals surface area contributed by atoms with Crippen molar-refractivity contribution < 1.29 is 5.11 Å². The third kappa shape index (κ3) is 3.11. The van der Waals surface area contributed by atoms with Crippen LogP contribution in [0.3, 0.4) is 0 Å². The van der Waals surface area contributed by atoms with Crippen LogP contribution >= 0.6 is 23.2 Å². The van der Waals surface area contributed by atoms with Crippen LogP contribution in [-0.4, -0.2) is 37.2 Å². The van der Waals surface area contributed by atoms with Crippen LogP contribution < -0.4 is 16.6 Å². The van der Waals surface area contributed by atoms with Crippen LogP contribution in [0.15, 0.2) is 27.8 Å². The Balaban J connectivity index is 2.11. The van der Waals surface area contributed by atoms with Gasteiger partial charge in [-0.1, -0.05) is 29.3 Å². The summed E-state index contributed by atoms with van der Waals surface area (Å²) in [4.78, 5) is 25.4. The van der Waals surface area contributed by atoms with Crippen molar-refractivity contribution in [2.75, 3.05) is 18.5 Å². The van der Waals surface area contributed by atoms with Gasteiger partial charge in [-0.2, -0.15) is 5.10 Å². The second kappa shape index (κ2) is 7.14. The van der Waals surface area contributed by atoms with Gasteiger partial charge in [-0.25, -0.2) is 4.79 Å². The molecule has 0 unspecified atom stereocenters. The van der Waals surface area contributed by atoms with E-state index in [9.17, 15) is 9.59 Å². The van der Waals surface area contributed by atoms with Crippen molar-refractivity contribution in [2.45, 2.75) is 6.54 Å². The Kier molecular flexibility index (Phi) is 5.08. The molecule has 26 heavy (non-hydrogen) atoms. The summed E-state index contributed by atoms with van der Waals surface area (Å²) in [6.45, 7) is 0.344. The van der Waals surface area contributed by atoms with Crippen LogP contribution in [0.25, 0.3) is 11.0 Å². The monoisotopic (exact) mass is 397 g/mol. The predicted octanol–water partition coefficient (Wildman–Crippen LogP) is 1.19. The maximum atomic E-state index is 12.8. The Bertz CT molecular complexity index is 1100. The van der Waals surface area contributed by atoms with Gasteiger partial charge < -0.3 is 10.4 Å². The fourth-order valence-electron chi connectivity index (χ4n) is 2.72.